The normalized spacial score (nSPS) is 17.4. The van der Waals surface area contributed by atoms with E-state index < -0.39 is 0 Å². The molecule has 0 bridgehead atoms. The van der Waals surface area contributed by atoms with Gasteiger partial charge in [-0.3, -0.25) is 14.9 Å². The molecule has 3 aromatic rings. The minimum Gasteiger partial charge on any atom is -0.341 e. The van der Waals surface area contributed by atoms with Gasteiger partial charge < -0.3 is 10.2 Å². The number of imide groups is 1. The van der Waals surface area contributed by atoms with Crippen LogP contribution in [0.4, 0.5) is 10.7 Å². The number of nitrogens with zero attached hydrogens (tertiary/aromatic N) is 5. The zero-order chi connectivity index (χ0) is 24.6. The quantitative estimate of drug-likeness (QED) is 0.497. The first-order valence-corrected chi connectivity index (χ1v) is 12.7. The van der Waals surface area contributed by atoms with Crippen molar-refractivity contribution in [2.45, 2.75) is 33.2 Å². The molecule has 2 aliphatic rings. The fourth-order valence-corrected chi connectivity index (χ4v) is 4.65. The maximum Gasteiger partial charge on any atom is 0.290 e. The molecule has 9 nitrogen and oxygen atoms in total. The van der Waals surface area contributed by atoms with Gasteiger partial charge in [0.25, 0.3) is 11.1 Å². The maximum atomic E-state index is 11.8. The van der Waals surface area contributed by atoms with Gasteiger partial charge >= 0.3 is 0 Å². The number of anilines is 1. The van der Waals surface area contributed by atoms with Gasteiger partial charge in [0.1, 0.15) is 0 Å². The van der Waals surface area contributed by atoms with Crippen LogP contribution in [0.3, 0.4) is 0 Å². The first-order valence-electron chi connectivity index (χ1n) is 11.9. The summed E-state index contributed by atoms with van der Waals surface area (Å²) in [6.07, 6.45) is 7.17. The Kier molecular flexibility index (Phi) is 8.38. The summed E-state index contributed by atoms with van der Waals surface area (Å²) in [7, 11) is 0. The summed E-state index contributed by atoms with van der Waals surface area (Å²) in [4.78, 5) is 43.5. The molecule has 2 aliphatic heterocycles. The lowest BCUT2D eigenvalue weighted by atomic mass is 9.97. The third-order valence-electron chi connectivity index (χ3n) is 5.74. The molecule has 5 heterocycles. The highest BCUT2D eigenvalue weighted by Crippen LogP contribution is 2.26. The van der Waals surface area contributed by atoms with Gasteiger partial charge in [0.2, 0.25) is 5.95 Å². The molecule has 35 heavy (non-hydrogen) atoms. The van der Waals surface area contributed by atoms with E-state index in [2.05, 4.69) is 41.5 Å². The molecule has 0 unspecified atom stereocenters. The van der Waals surface area contributed by atoms with E-state index in [9.17, 15) is 9.59 Å². The number of piperidine rings is 1. The zero-order valence-electron chi connectivity index (χ0n) is 19.9. The average Bonchev–Trinajstić information content (AvgIpc) is 3.22. The Balaban J connectivity index is 0.00000141. The van der Waals surface area contributed by atoms with E-state index in [0.717, 1.165) is 67.5 Å². The van der Waals surface area contributed by atoms with E-state index in [1.54, 1.807) is 24.5 Å². The van der Waals surface area contributed by atoms with Crippen LogP contribution in [0.5, 0.6) is 0 Å². The number of carbonyl (C=O) groups excluding carboxylic acids is 2. The standard InChI is InChI=1S/C23H23N7O2S.C2H6/c31-21-19(33-23(32)29-21)12-17-5-9-26-22(28-17)30-10-6-15(7-11-30)13-24-14-18-4-3-16-2-1-8-25-20(16)27-18;1-2/h1-5,8-9,12,15,24H,6-7,10-11,13-14H2,(H,29,31,32);1-2H3/b19-12-;. The summed E-state index contributed by atoms with van der Waals surface area (Å²) in [5, 5.41) is 6.48. The Morgan fingerprint density at radius 3 is 2.69 bits per heavy atom. The van der Waals surface area contributed by atoms with Crippen LogP contribution in [0.25, 0.3) is 17.1 Å². The number of amides is 2. The van der Waals surface area contributed by atoms with Crippen molar-refractivity contribution in [3.8, 4) is 0 Å². The molecule has 0 atom stereocenters. The lowest BCUT2D eigenvalue weighted by molar-refractivity contribution is -0.115. The molecule has 0 aliphatic carbocycles. The summed E-state index contributed by atoms with van der Waals surface area (Å²) < 4.78 is 0. The second-order valence-electron chi connectivity index (χ2n) is 8.05. The molecule has 182 valence electrons. The molecule has 5 rings (SSSR count). The number of hydrogen-bond donors (Lipinski definition) is 2. The third-order valence-corrected chi connectivity index (χ3v) is 6.55. The van der Waals surface area contributed by atoms with Crippen LogP contribution >= 0.6 is 11.8 Å². The van der Waals surface area contributed by atoms with Gasteiger partial charge in [0, 0.05) is 37.4 Å². The van der Waals surface area contributed by atoms with Crippen LogP contribution in [0, 0.1) is 5.92 Å². The smallest absolute Gasteiger partial charge is 0.290 e. The molecular weight excluding hydrogens is 462 g/mol. The van der Waals surface area contributed by atoms with Gasteiger partial charge in [0.05, 0.1) is 16.3 Å². The Labute approximate surface area is 208 Å². The fraction of sp³-hybridized carbons (Fsp3) is 0.360. The fourth-order valence-electron chi connectivity index (χ4n) is 3.98. The van der Waals surface area contributed by atoms with Crippen molar-refractivity contribution < 1.29 is 9.59 Å². The van der Waals surface area contributed by atoms with Crippen LogP contribution in [0.2, 0.25) is 0 Å². The summed E-state index contributed by atoms with van der Waals surface area (Å²) in [6.45, 7) is 7.40. The van der Waals surface area contributed by atoms with Gasteiger partial charge in [-0.05, 0) is 73.5 Å². The topological polar surface area (TPSA) is 113 Å². The van der Waals surface area contributed by atoms with Crippen LogP contribution in [0.15, 0.2) is 47.6 Å². The van der Waals surface area contributed by atoms with Gasteiger partial charge in [-0.1, -0.05) is 13.8 Å². The molecule has 3 aromatic heterocycles. The number of carbonyl (C=O) groups is 2. The average molecular weight is 492 g/mol. The van der Waals surface area contributed by atoms with Crippen molar-refractivity contribution in [2.24, 2.45) is 5.92 Å². The molecule has 2 amide bonds. The van der Waals surface area contributed by atoms with Crippen molar-refractivity contribution >= 4 is 46.0 Å². The molecule has 2 saturated heterocycles. The summed E-state index contributed by atoms with van der Waals surface area (Å²) in [5.74, 6) is 0.849. The second kappa shape index (κ2) is 11.9. The van der Waals surface area contributed by atoms with Crippen LogP contribution in [0.1, 0.15) is 38.1 Å². The highest BCUT2D eigenvalue weighted by atomic mass is 32.2. The predicted molar refractivity (Wildman–Crippen MR) is 139 cm³/mol. The summed E-state index contributed by atoms with van der Waals surface area (Å²) in [5.41, 5.74) is 2.39. The van der Waals surface area contributed by atoms with E-state index in [-0.39, 0.29) is 11.1 Å². The van der Waals surface area contributed by atoms with Gasteiger partial charge in [-0.15, -0.1) is 0 Å². The highest BCUT2D eigenvalue weighted by Gasteiger charge is 2.25. The molecule has 2 fully saturated rings. The van der Waals surface area contributed by atoms with E-state index in [1.165, 1.54) is 0 Å². The maximum absolute atomic E-state index is 11.8. The molecule has 0 spiro atoms. The molecule has 0 radical (unpaired) electrons. The predicted octanol–water partition coefficient (Wildman–Crippen LogP) is 3.78. The minimum absolute atomic E-state index is 0.353. The Morgan fingerprint density at radius 1 is 1.09 bits per heavy atom. The number of pyridine rings is 2. The van der Waals surface area contributed by atoms with Crippen molar-refractivity contribution in [2.75, 3.05) is 24.5 Å². The Morgan fingerprint density at radius 2 is 1.91 bits per heavy atom. The minimum atomic E-state index is -0.381. The number of thioether (sulfide) groups is 1. The number of nitrogens with one attached hydrogen (secondary N) is 2. The van der Waals surface area contributed by atoms with E-state index >= 15 is 0 Å². The molecule has 10 heteroatoms. The van der Waals surface area contributed by atoms with Crippen molar-refractivity contribution in [1.82, 2.24) is 30.6 Å². The lowest BCUT2D eigenvalue weighted by Gasteiger charge is -2.32. The van der Waals surface area contributed by atoms with E-state index in [0.29, 0.717) is 22.5 Å². The van der Waals surface area contributed by atoms with E-state index in [4.69, 9.17) is 0 Å². The number of hydrogen-bond acceptors (Lipinski definition) is 9. The second-order valence-corrected chi connectivity index (χ2v) is 9.06. The van der Waals surface area contributed by atoms with Crippen LogP contribution in [-0.4, -0.2) is 50.7 Å². The van der Waals surface area contributed by atoms with Gasteiger partial charge in [0.15, 0.2) is 5.65 Å². The number of fused-ring (bicyclic) bond motifs is 1. The van der Waals surface area contributed by atoms with E-state index in [1.807, 2.05) is 32.0 Å². The Bertz CT molecular complexity index is 1230. The lowest BCUT2D eigenvalue weighted by Crippen LogP contribution is -2.38. The van der Waals surface area contributed by atoms with Gasteiger partial charge in [-0.25, -0.2) is 19.9 Å². The molecular formula is C25H29N7O2S. The summed E-state index contributed by atoms with van der Waals surface area (Å²) in [6, 6.07) is 9.78. The van der Waals surface area contributed by atoms with Crippen molar-refractivity contribution in [1.29, 1.82) is 0 Å². The van der Waals surface area contributed by atoms with Gasteiger partial charge in [-0.2, -0.15) is 0 Å². The molecule has 0 saturated carbocycles. The molecule has 0 aromatic carbocycles. The van der Waals surface area contributed by atoms with Crippen molar-refractivity contribution in [3.63, 3.8) is 0 Å². The van der Waals surface area contributed by atoms with Crippen LogP contribution < -0.4 is 15.5 Å². The molecule has 2 N–H and O–H groups in total. The summed E-state index contributed by atoms with van der Waals surface area (Å²) >= 11 is 0.889. The van der Waals surface area contributed by atoms with Crippen molar-refractivity contribution in [3.05, 3.63) is 59.0 Å². The number of rotatable bonds is 6. The highest BCUT2D eigenvalue weighted by molar-refractivity contribution is 8.18. The SMILES string of the molecule is CC.O=C1NC(=O)/C(=C/c2ccnc(N3CCC(CNCc4ccc5cccnc5n4)CC3)n2)S1. The Hall–Kier alpha value is -3.37. The number of aromatic nitrogens is 4. The monoisotopic (exact) mass is 491 g/mol. The zero-order valence-corrected chi connectivity index (χ0v) is 20.7. The van der Waals surface area contributed by atoms with Crippen LogP contribution in [-0.2, 0) is 11.3 Å². The third kappa shape index (κ3) is 6.40. The largest absolute Gasteiger partial charge is 0.341 e. The first kappa shape index (κ1) is 24.7. The first-order chi connectivity index (χ1) is 17.1.